The first-order chi connectivity index (χ1) is 15.4. The maximum atomic E-state index is 6.54. The molecule has 3 aromatic rings. The van der Waals surface area contributed by atoms with Gasteiger partial charge in [0.2, 0.25) is 0 Å². The molecule has 1 fully saturated rings. The minimum atomic E-state index is 0.698. The van der Waals surface area contributed by atoms with Crippen LogP contribution in [0.15, 0.2) is 67.6 Å². The van der Waals surface area contributed by atoms with Crippen LogP contribution < -0.4 is 0 Å². The first-order valence-corrected chi connectivity index (χ1v) is 11.7. The summed E-state index contributed by atoms with van der Waals surface area (Å²) in [4.78, 5) is 13.6. The van der Waals surface area contributed by atoms with Crippen molar-refractivity contribution in [2.24, 2.45) is 0 Å². The van der Waals surface area contributed by atoms with Crippen LogP contribution >= 0.6 is 11.6 Å². The van der Waals surface area contributed by atoms with Crippen LogP contribution in [0.5, 0.6) is 0 Å². The highest BCUT2D eigenvalue weighted by molar-refractivity contribution is 6.35. The second-order valence-electron chi connectivity index (χ2n) is 8.11. The molecule has 2 aromatic heterocycles. The second kappa shape index (κ2) is 11.1. The van der Waals surface area contributed by atoms with Gasteiger partial charge in [0.05, 0.1) is 16.2 Å². The number of hydrogen-bond acceptors (Lipinski definition) is 4. The highest BCUT2D eigenvalue weighted by atomic mass is 35.5. The Labute approximate surface area is 197 Å². The van der Waals surface area contributed by atoms with E-state index in [-0.39, 0.29) is 0 Å². The van der Waals surface area contributed by atoms with Crippen molar-refractivity contribution in [3.05, 3.63) is 78.2 Å². The van der Waals surface area contributed by atoms with Gasteiger partial charge in [-0.25, -0.2) is 4.98 Å². The van der Waals surface area contributed by atoms with E-state index in [1.807, 2.05) is 24.3 Å². The van der Waals surface area contributed by atoms with E-state index in [2.05, 4.69) is 60.8 Å². The Bertz CT molecular complexity index is 1070. The standard InChI is InChI=1S/C23H23ClN4.C4H10/c1-16(2)27-10-12-28(13-11-27)17(3)19-4-5-20-21(24)15-22(26-23(20)14-19)18-6-8-25-9-7-18;1-3-4-2/h4-9,14-15H,1,3,10-13H2,2H3;3-4H2,1-2H3. The first kappa shape index (κ1) is 23.8. The summed E-state index contributed by atoms with van der Waals surface area (Å²) in [5.41, 5.74) is 5.94. The number of unbranched alkanes of at least 4 members (excludes halogenated alkanes) is 1. The number of aromatic nitrogens is 2. The molecule has 0 N–H and O–H groups in total. The third-order valence-electron chi connectivity index (χ3n) is 5.77. The van der Waals surface area contributed by atoms with Crippen molar-refractivity contribution in [2.45, 2.75) is 33.6 Å². The van der Waals surface area contributed by atoms with E-state index in [1.165, 1.54) is 12.8 Å². The Kier molecular flexibility index (Phi) is 8.29. The molecule has 0 aliphatic carbocycles. The van der Waals surface area contributed by atoms with Gasteiger partial charge in [-0.15, -0.1) is 0 Å². The topological polar surface area (TPSA) is 32.3 Å². The van der Waals surface area contributed by atoms with Crippen LogP contribution in [0.3, 0.4) is 0 Å². The highest BCUT2D eigenvalue weighted by Crippen LogP contribution is 2.30. The first-order valence-electron chi connectivity index (χ1n) is 11.3. The van der Waals surface area contributed by atoms with Crippen molar-refractivity contribution in [3.63, 3.8) is 0 Å². The number of halogens is 1. The van der Waals surface area contributed by atoms with Crippen LogP contribution in [0.2, 0.25) is 5.02 Å². The predicted octanol–water partition coefficient (Wildman–Crippen LogP) is 6.88. The lowest BCUT2D eigenvalue weighted by molar-refractivity contribution is 0.215. The molecule has 1 aromatic carbocycles. The number of rotatable bonds is 5. The average Bonchev–Trinajstić information content (AvgIpc) is 2.84. The molecule has 0 saturated carbocycles. The zero-order chi connectivity index (χ0) is 23.1. The van der Waals surface area contributed by atoms with Crippen molar-refractivity contribution < 1.29 is 0 Å². The quantitative estimate of drug-likeness (QED) is 0.425. The maximum Gasteiger partial charge on any atom is 0.0731 e. The molecular weight excluding hydrogens is 416 g/mol. The molecule has 4 nitrogen and oxygen atoms in total. The van der Waals surface area contributed by atoms with Crippen molar-refractivity contribution in [1.82, 2.24) is 19.8 Å². The van der Waals surface area contributed by atoms with Crippen LogP contribution in [0.25, 0.3) is 27.9 Å². The summed E-state index contributed by atoms with van der Waals surface area (Å²) in [6.45, 7) is 18.6. The summed E-state index contributed by atoms with van der Waals surface area (Å²) in [5, 5.41) is 1.65. The molecule has 1 aliphatic heterocycles. The van der Waals surface area contributed by atoms with Crippen LogP contribution in [-0.2, 0) is 0 Å². The fourth-order valence-corrected chi connectivity index (χ4v) is 3.84. The van der Waals surface area contributed by atoms with Crippen LogP contribution in [0, 0.1) is 0 Å². The predicted molar refractivity (Wildman–Crippen MR) is 138 cm³/mol. The summed E-state index contributed by atoms with van der Waals surface area (Å²) >= 11 is 6.54. The summed E-state index contributed by atoms with van der Waals surface area (Å²) in [7, 11) is 0. The molecule has 0 bridgehead atoms. The molecule has 168 valence electrons. The fourth-order valence-electron chi connectivity index (χ4n) is 3.58. The van der Waals surface area contributed by atoms with E-state index in [1.54, 1.807) is 12.4 Å². The van der Waals surface area contributed by atoms with E-state index in [4.69, 9.17) is 16.6 Å². The van der Waals surface area contributed by atoms with Gasteiger partial charge in [-0.1, -0.05) is 63.6 Å². The van der Waals surface area contributed by atoms with Gasteiger partial charge in [-0.05, 0) is 36.8 Å². The maximum absolute atomic E-state index is 6.54. The molecule has 0 unspecified atom stereocenters. The molecule has 4 rings (SSSR count). The molecule has 1 saturated heterocycles. The SMILES string of the molecule is C=C(C)N1CCN(C(=C)c2ccc3c(Cl)cc(-c4ccncc4)nc3c2)CC1.CCCC. The van der Waals surface area contributed by atoms with E-state index in [0.717, 1.165) is 65.3 Å². The van der Waals surface area contributed by atoms with E-state index in [0.29, 0.717) is 5.02 Å². The molecule has 3 heterocycles. The lowest BCUT2D eigenvalue weighted by Gasteiger charge is -2.38. The second-order valence-corrected chi connectivity index (χ2v) is 8.52. The van der Waals surface area contributed by atoms with Gasteiger partial charge in [0.15, 0.2) is 0 Å². The van der Waals surface area contributed by atoms with Gasteiger partial charge >= 0.3 is 0 Å². The summed E-state index contributed by atoms with van der Waals surface area (Å²) in [5.74, 6) is 0. The fraction of sp³-hybridized carbons (Fsp3) is 0.333. The van der Waals surface area contributed by atoms with Gasteiger partial charge < -0.3 is 9.80 Å². The average molecular weight is 449 g/mol. The Balaban J connectivity index is 0.000000668. The van der Waals surface area contributed by atoms with Gasteiger partial charge in [-0.3, -0.25) is 4.98 Å². The number of pyridine rings is 2. The van der Waals surface area contributed by atoms with Crippen LogP contribution in [0.4, 0.5) is 0 Å². The molecule has 0 spiro atoms. The number of hydrogen-bond donors (Lipinski definition) is 0. The Morgan fingerprint density at radius 2 is 1.56 bits per heavy atom. The molecule has 0 radical (unpaired) electrons. The largest absolute Gasteiger partial charge is 0.372 e. The van der Waals surface area contributed by atoms with Gasteiger partial charge in [0.1, 0.15) is 0 Å². The molecule has 1 aliphatic rings. The lowest BCUT2D eigenvalue weighted by Crippen LogP contribution is -2.44. The van der Waals surface area contributed by atoms with E-state index < -0.39 is 0 Å². The minimum absolute atomic E-state index is 0.698. The minimum Gasteiger partial charge on any atom is -0.372 e. The summed E-state index contributed by atoms with van der Waals surface area (Å²) in [6, 6.07) is 12.0. The third kappa shape index (κ3) is 5.68. The van der Waals surface area contributed by atoms with E-state index >= 15 is 0 Å². The summed E-state index contributed by atoms with van der Waals surface area (Å²) in [6.07, 6.45) is 6.16. The van der Waals surface area contributed by atoms with Gasteiger partial charge in [-0.2, -0.15) is 0 Å². The normalized spacial score (nSPS) is 13.5. The van der Waals surface area contributed by atoms with Crippen molar-refractivity contribution in [1.29, 1.82) is 0 Å². The van der Waals surface area contributed by atoms with Crippen LogP contribution in [0.1, 0.15) is 39.2 Å². The Hall–Kier alpha value is -2.85. The Morgan fingerprint density at radius 1 is 0.938 bits per heavy atom. The number of fused-ring (bicyclic) bond motifs is 1. The molecule has 5 heteroatoms. The van der Waals surface area contributed by atoms with Gasteiger partial charge in [0.25, 0.3) is 0 Å². The molecule has 32 heavy (non-hydrogen) atoms. The van der Waals surface area contributed by atoms with Crippen molar-refractivity contribution >= 4 is 28.2 Å². The van der Waals surface area contributed by atoms with Crippen molar-refractivity contribution in [3.8, 4) is 11.3 Å². The van der Waals surface area contributed by atoms with Crippen molar-refractivity contribution in [2.75, 3.05) is 26.2 Å². The zero-order valence-corrected chi connectivity index (χ0v) is 20.2. The Morgan fingerprint density at radius 3 is 2.16 bits per heavy atom. The third-order valence-corrected chi connectivity index (χ3v) is 6.08. The summed E-state index contributed by atoms with van der Waals surface area (Å²) < 4.78 is 0. The number of nitrogens with zero attached hydrogens (tertiary/aromatic N) is 4. The van der Waals surface area contributed by atoms with E-state index in [9.17, 15) is 0 Å². The van der Waals surface area contributed by atoms with Crippen LogP contribution in [-0.4, -0.2) is 45.9 Å². The zero-order valence-electron chi connectivity index (χ0n) is 19.4. The monoisotopic (exact) mass is 448 g/mol. The van der Waals surface area contributed by atoms with Gasteiger partial charge in [0, 0.05) is 60.9 Å². The number of allylic oxidation sites excluding steroid dienone is 1. The smallest absolute Gasteiger partial charge is 0.0731 e. The highest BCUT2D eigenvalue weighted by Gasteiger charge is 2.18. The number of piperazine rings is 1. The molecule has 0 atom stereocenters. The number of benzene rings is 1. The lowest BCUT2D eigenvalue weighted by atomic mass is 10.1. The molecule has 0 amide bonds. The molecular formula is C27H33ClN4.